The smallest absolute Gasteiger partial charge is 0.128 e. The molecule has 0 saturated heterocycles. The van der Waals surface area contributed by atoms with E-state index >= 15 is 0 Å². The average molecular weight is 352 g/mol. The van der Waals surface area contributed by atoms with E-state index < -0.39 is 0 Å². The molecule has 1 heterocycles. The predicted octanol–water partition coefficient (Wildman–Crippen LogP) is 5.45. The van der Waals surface area contributed by atoms with E-state index in [2.05, 4.69) is 4.99 Å². The number of hydrogen-bond donors (Lipinski definition) is 2. The van der Waals surface area contributed by atoms with Gasteiger partial charge in [-0.2, -0.15) is 0 Å². The van der Waals surface area contributed by atoms with E-state index in [9.17, 15) is 10.2 Å². The Morgan fingerprint density at radius 1 is 1.00 bits per heavy atom. The molecule has 1 aliphatic heterocycles. The summed E-state index contributed by atoms with van der Waals surface area (Å²) in [6.07, 6.45) is 3.76. The Balaban J connectivity index is 0.00000117. The summed E-state index contributed by atoms with van der Waals surface area (Å²) >= 11 is 0. The van der Waals surface area contributed by atoms with Crippen LogP contribution in [0.1, 0.15) is 50.3 Å². The van der Waals surface area contributed by atoms with Crippen molar-refractivity contribution in [2.75, 3.05) is 11.4 Å². The first-order valence-corrected chi connectivity index (χ1v) is 9.09. The van der Waals surface area contributed by atoms with Gasteiger partial charge in [-0.3, -0.25) is 4.99 Å². The number of phenols is 2. The molecule has 0 aromatic heterocycles. The number of aryl methyl sites for hydroxylation is 1. The van der Waals surface area contributed by atoms with E-state index in [4.69, 9.17) is 0 Å². The Labute approximate surface area is 156 Å². The fourth-order valence-electron chi connectivity index (χ4n) is 2.84. The van der Waals surface area contributed by atoms with Gasteiger partial charge < -0.3 is 15.1 Å². The first kappa shape index (κ1) is 19.6. The van der Waals surface area contributed by atoms with E-state index in [1.165, 1.54) is 11.6 Å². The maximum Gasteiger partial charge on any atom is 0.128 e. The van der Waals surface area contributed by atoms with Gasteiger partial charge in [-0.1, -0.05) is 45.4 Å². The van der Waals surface area contributed by atoms with Crippen LogP contribution in [0.5, 0.6) is 11.5 Å². The molecule has 26 heavy (non-hydrogen) atoms. The SMILES string of the molecule is CC.Cc1ccc(N2C=NCC=C2c2cc(C(C)C)c(O)cc2O)cc1. The molecule has 138 valence electrons. The molecule has 4 heteroatoms. The molecule has 0 spiro atoms. The van der Waals surface area contributed by atoms with Gasteiger partial charge in [0.2, 0.25) is 0 Å². The molecule has 0 bridgehead atoms. The van der Waals surface area contributed by atoms with Gasteiger partial charge in [0, 0.05) is 17.3 Å². The lowest BCUT2D eigenvalue weighted by Crippen LogP contribution is -2.22. The van der Waals surface area contributed by atoms with Crippen LogP contribution in [0, 0.1) is 6.92 Å². The topological polar surface area (TPSA) is 56.1 Å². The van der Waals surface area contributed by atoms with Crippen LogP contribution >= 0.6 is 0 Å². The molecule has 2 aromatic carbocycles. The normalized spacial score (nSPS) is 13.3. The van der Waals surface area contributed by atoms with Crippen molar-refractivity contribution in [3.8, 4) is 11.5 Å². The molecule has 0 fully saturated rings. The van der Waals surface area contributed by atoms with Crippen molar-refractivity contribution in [2.45, 2.75) is 40.5 Å². The number of phenolic OH excluding ortho intramolecular Hbond substituents is 2. The fourth-order valence-corrected chi connectivity index (χ4v) is 2.84. The molecule has 3 rings (SSSR count). The first-order chi connectivity index (χ1) is 12.5. The number of rotatable bonds is 3. The van der Waals surface area contributed by atoms with Crippen LogP contribution in [0.25, 0.3) is 5.70 Å². The van der Waals surface area contributed by atoms with Crippen molar-refractivity contribution in [2.24, 2.45) is 4.99 Å². The van der Waals surface area contributed by atoms with Crippen LogP contribution < -0.4 is 4.90 Å². The summed E-state index contributed by atoms with van der Waals surface area (Å²) in [4.78, 5) is 6.29. The van der Waals surface area contributed by atoms with Crippen molar-refractivity contribution < 1.29 is 10.2 Å². The van der Waals surface area contributed by atoms with Gasteiger partial charge >= 0.3 is 0 Å². The van der Waals surface area contributed by atoms with Crippen molar-refractivity contribution in [1.82, 2.24) is 0 Å². The Kier molecular flexibility index (Phi) is 6.45. The highest BCUT2D eigenvalue weighted by Gasteiger charge is 2.20. The van der Waals surface area contributed by atoms with Crippen LogP contribution in [0.2, 0.25) is 0 Å². The zero-order valence-electron chi connectivity index (χ0n) is 16.2. The average Bonchev–Trinajstić information content (AvgIpc) is 2.64. The number of hydrogen-bond acceptors (Lipinski definition) is 4. The molecule has 4 nitrogen and oxygen atoms in total. The van der Waals surface area contributed by atoms with Crippen molar-refractivity contribution in [1.29, 1.82) is 0 Å². The summed E-state index contributed by atoms with van der Waals surface area (Å²) in [5.41, 5.74) is 4.55. The molecule has 0 atom stereocenters. The quantitative estimate of drug-likeness (QED) is 0.773. The zero-order valence-corrected chi connectivity index (χ0v) is 16.2. The molecule has 0 radical (unpaired) electrons. The summed E-state index contributed by atoms with van der Waals surface area (Å²) in [7, 11) is 0. The molecular formula is C22H28N2O2. The highest BCUT2D eigenvalue weighted by molar-refractivity contribution is 5.99. The summed E-state index contributed by atoms with van der Waals surface area (Å²) < 4.78 is 0. The lowest BCUT2D eigenvalue weighted by Gasteiger charge is -2.27. The number of nitrogens with zero attached hydrogens (tertiary/aromatic N) is 2. The number of benzene rings is 2. The van der Waals surface area contributed by atoms with E-state index in [-0.39, 0.29) is 17.4 Å². The van der Waals surface area contributed by atoms with Gasteiger partial charge in [-0.15, -0.1) is 0 Å². The predicted molar refractivity (Wildman–Crippen MR) is 110 cm³/mol. The van der Waals surface area contributed by atoms with E-state index in [0.717, 1.165) is 16.9 Å². The molecule has 0 aliphatic carbocycles. The Morgan fingerprint density at radius 2 is 1.65 bits per heavy atom. The lowest BCUT2D eigenvalue weighted by molar-refractivity contribution is 0.443. The summed E-state index contributed by atoms with van der Waals surface area (Å²) in [6, 6.07) is 11.4. The van der Waals surface area contributed by atoms with Crippen LogP contribution in [-0.4, -0.2) is 23.1 Å². The lowest BCUT2D eigenvalue weighted by atomic mass is 9.96. The first-order valence-electron chi connectivity index (χ1n) is 9.09. The van der Waals surface area contributed by atoms with Crippen LogP contribution in [0.3, 0.4) is 0 Å². The standard InChI is InChI=1S/C20H22N2O2.C2H6/c1-13(2)16-10-17(20(24)11-19(16)23)18-8-9-21-12-22(18)15-6-4-14(3)5-7-15;1-2/h4-8,10-13,23-24H,9H2,1-3H3;1-2H3. The monoisotopic (exact) mass is 352 g/mol. The number of aliphatic imine (C=N–C) groups is 1. The summed E-state index contributed by atoms with van der Waals surface area (Å²) in [5, 5.41) is 20.5. The second-order valence-corrected chi connectivity index (χ2v) is 6.36. The number of aromatic hydroxyl groups is 2. The van der Waals surface area contributed by atoms with Crippen molar-refractivity contribution in [3.05, 3.63) is 59.2 Å². The van der Waals surface area contributed by atoms with Gasteiger partial charge in [0.15, 0.2) is 0 Å². The third-order valence-corrected chi connectivity index (χ3v) is 4.20. The minimum Gasteiger partial charge on any atom is -0.508 e. The molecule has 2 aromatic rings. The Hall–Kier alpha value is -2.75. The largest absolute Gasteiger partial charge is 0.508 e. The molecule has 0 amide bonds. The van der Waals surface area contributed by atoms with Crippen LogP contribution in [0.4, 0.5) is 5.69 Å². The highest BCUT2D eigenvalue weighted by atomic mass is 16.3. The Morgan fingerprint density at radius 3 is 2.27 bits per heavy atom. The van der Waals surface area contributed by atoms with Crippen LogP contribution in [-0.2, 0) is 0 Å². The van der Waals surface area contributed by atoms with Crippen LogP contribution in [0.15, 0.2) is 47.5 Å². The molecular weight excluding hydrogens is 324 g/mol. The minimum atomic E-state index is 0.0653. The molecule has 0 saturated carbocycles. The van der Waals surface area contributed by atoms with Gasteiger partial charge in [-0.05, 0) is 42.7 Å². The Bertz CT molecular complexity index is 806. The van der Waals surface area contributed by atoms with E-state index in [1.54, 1.807) is 6.34 Å². The zero-order chi connectivity index (χ0) is 19.3. The fraction of sp³-hybridized carbons (Fsp3) is 0.318. The molecule has 2 N–H and O–H groups in total. The second-order valence-electron chi connectivity index (χ2n) is 6.36. The second kappa shape index (κ2) is 8.56. The maximum absolute atomic E-state index is 10.4. The van der Waals surface area contributed by atoms with Crippen molar-refractivity contribution in [3.63, 3.8) is 0 Å². The maximum atomic E-state index is 10.4. The van der Waals surface area contributed by atoms with Crippen molar-refractivity contribution >= 4 is 17.7 Å². The summed E-state index contributed by atoms with van der Waals surface area (Å²) in [5.74, 6) is 0.351. The van der Waals surface area contributed by atoms with Gasteiger partial charge in [0.25, 0.3) is 0 Å². The van der Waals surface area contributed by atoms with Gasteiger partial charge in [-0.25, -0.2) is 0 Å². The molecule has 1 aliphatic rings. The molecule has 0 unspecified atom stereocenters. The summed E-state index contributed by atoms with van der Waals surface area (Å²) in [6.45, 7) is 10.6. The third-order valence-electron chi connectivity index (χ3n) is 4.20. The van der Waals surface area contributed by atoms with E-state index in [0.29, 0.717) is 12.1 Å². The minimum absolute atomic E-state index is 0.0653. The highest BCUT2D eigenvalue weighted by Crippen LogP contribution is 2.38. The van der Waals surface area contributed by atoms with E-state index in [1.807, 2.05) is 75.9 Å². The third kappa shape index (κ3) is 4.07. The van der Waals surface area contributed by atoms with Gasteiger partial charge in [0.1, 0.15) is 11.5 Å². The van der Waals surface area contributed by atoms with Gasteiger partial charge in [0.05, 0.1) is 18.6 Å². The number of anilines is 1.